The third-order valence-electron chi connectivity index (χ3n) is 8.43. The number of aryl methyl sites for hydroxylation is 2. The van der Waals surface area contributed by atoms with E-state index in [1.54, 1.807) is 33.4 Å². The van der Waals surface area contributed by atoms with E-state index in [9.17, 15) is 0 Å². The van der Waals surface area contributed by atoms with E-state index in [0.717, 1.165) is 31.6 Å². The Morgan fingerprint density at radius 3 is 2.22 bits per heavy atom. The Bertz CT molecular complexity index is 1020. The molecule has 3 aliphatic carbocycles. The summed E-state index contributed by atoms with van der Waals surface area (Å²) in [5.41, 5.74) is 12.5. The van der Waals surface area contributed by atoms with Crippen LogP contribution in [0.1, 0.15) is 79.7 Å². The lowest BCUT2D eigenvalue weighted by atomic mass is 9.85. The highest BCUT2D eigenvalue weighted by Gasteiger charge is 2.31. The lowest BCUT2D eigenvalue weighted by molar-refractivity contribution is 0.605. The van der Waals surface area contributed by atoms with Crippen LogP contribution in [0.5, 0.6) is 0 Å². The van der Waals surface area contributed by atoms with Crippen molar-refractivity contribution in [3.05, 3.63) is 106 Å². The Labute approximate surface area is 195 Å². The second-order valence-electron chi connectivity index (χ2n) is 10.3. The first-order valence-electron chi connectivity index (χ1n) is 12.9. The summed E-state index contributed by atoms with van der Waals surface area (Å²) < 4.78 is 0. The van der Waals surface area contributed by atoms with Gasteiger partial charge in [0.2, 0.25) is 0 Å². The van der Waals surface area contributed by atoms with Gasteiger partial charge in [-0.15, -0.1) is 0 Å². The van der Waals surface area contributed by atoms with Crippen LogP contribution in [-0.2, 0) is 25.7 Å². The van der Waals surface area contributed by atoms with Crippen molar-refractivity contribution in [2.45, 2.75) is 77.6 Å². The van der Waals surface area contributed by atoms with Gasteiger partial charge in [-0.3, -0.25) is 0 Å². The van der Waals surface area contributed by atoms with E-state index >= 15 is 0 Å². The zero-order chi connectivity index (χ0) is 22.1. The zero-order valence-electron chi connectivity index (χ0n) is 20.0. The molecule has 0 aromatic heterocycles. The molecular formula is C32H38. The maximum atomic E-state index is 4.61. The van der Waals surface area contributed by atoms with Gasteiger partial charge in [-0.1, -0.05) is 80.6 Å². The minimum absolute atomic E-state index is 0.670. The molecule has 0 radical (unpaired) electrons. The average molecular weight is 423 g/mol. The molecular weight excluding hydrogens is 384 g/mol. The van der Waals surface area contributed by atoms with E-state index in [1.807, 2.05) is 0 Å². The predicted molar refractivity (Wildman–Crippen MR) is 137 cm³/mol. The molecule has 5 rings (SSSR count). The highest BCUT2D eigenvalue weighted by Crippen LogP contribution is 2.45. The minimum Gasteiger partial charge on any atom is -0.0992 e. The molecule has 0 nitrogen and oxygen atoms in total. The SMILES string of the molecule is C=C(CC1=CCC=C1C1Cc2cc(CC)c(CC)cc2C1)C1CCC(c2ccccc2)C1. The third-order valence-corrected chi connectivity index (χ3v) is 8.43. The molecule has 0 spiro atoms. The first-order chi connectivity index (χ1) is 15.7. The second-order valence-corrected chi connectivity index (χ2v) is 10.3. The molecule has 166 valence electrons. The standard InChI is InChI=1S/C32H38/c1-4-23-17-29-20-31(21-30(29)18-24(23)5-2)32-13-9-12-28(32)16-22(3)26-14-15-27(19-26)25-10-7-6-8-11-25/h6-8,10-13,17-18,26-27,31H,3-5,9,14-16,19-21H2,1-2H3. The Kier molecular flexibility index (Phi) is 6.22. The van der Waals surface area contributed by atoms with Crippen molar-refractivity contribution >= 4 is 0 Å². The first-order valence-corrected chi connectivity index (χ1v) is 12.9. The van der Waals surface area contributed by atoms with Gasteiger partial charge in [0.1, 0.15) is 0 Å². The minimum atomic E-state index is 0.670. The van der Waals surface area contributed by atoms with Crippen molar-refractivity contribution in [2.24, 2.45) is 11.8 Å². The summed E-state index contributed by atoms with van der Waals surface area (Å²) in [6.45, 7) is 9.20. The topological polar surface area (TPSA) is 0 Å². The lowest BCUT2D eigenvalue weighted by Gasteiger charge is -2.20. The Morgan fingerprint density at radius 1 is 0.875 bits per heavy atom. The monoisotopic (exact) mass is 422 g/mol. The number of hydrogen-bond donors (Lipinski definition) is 0. The molecule has 2 aromatic rings. The van der Waals surface area contributed by atoms with Crippen LogP contribution in [0.4, 0.5) is 0 Å². The molecule has 3 aliphatic rings. The van der Waals surface area contributed by atoms with Crippen LogP contribution >= 0.6 is 0 Å². The highest BCUT2D eigenvalue weighted by molar-refractivity contribution is 5.48. The van der Waals surface area contributed by atoms with Gasteiger partial charge < -0.3 is 0 Å². The summed E-state index contributed by atoms with van der Waals surface area (Å²) in [6.07, 6.45) is 15.9. The fourth-order valence-electron chi connectivity index (χ4n) is 6.60. The molecule has 1 fully saturated rings. The summed E-state index contributed by atoms with van der Waals surface area (Å²) in [6, 6.07) is 16.2. The molecule has 0 heteroatoms. The molecule has 0 bridgehead atoms. The van der Waals surface area contributed by atoms with E-state index in [4.69, 9.17) is 0 Å². The van der Waals surface area contributed by atoms with Crippen molar-refractivity contribution < 1.29 is 0 Å². The molecule has 32 heavy (non-hydrogen) atoms. The summed E-state index contributed by atoms with van der Waals surface area (Å²) in [7, 11) is 0. The molecule has 1 saturated carbocycles. The summed E-state index contributed by atoms with van der Waals surface area (Å²) in [5, 5.41) is 0. The van der Waals surface area contributed by atoms with Crippen LogP contribution in [0.3, 0.4) is 0 Å². The van der Waals surface area contributed by atoms with Crippen molar-refractivity contribution in [1.29, 1.82) is 0 Å². The van der Waals surface area contributed by atoms with Crippen molar-refractivity contribution in [3.63, 3.8) is 0 Å². The van der Waals surface area contributed by atoms with Gasteiger partial charge >= 0.3 is 0 Å². The van der Waals surface area contributed by atoms with Crippen molar-refractivity contribution in [1.82, 2.24) is 0 Å². The van der Waals surface area contributed by atoms with Gasteiger partial charge in [0.25, 0.3) is 0 Å². The second kappa shape index (κ2) is 9.26. The fraction of sp³-hybridized carbons (Fsp3) is 0.438. The largest absolute Gasteiger partial charge is 0.0992 e. The lowest BCUT2D eigenvalue weighted by Crippen LogP contribution is -2.07. The predicted octanol–water partition coefficient (Wildman–Crippen LogP) is 8.31. The van der Waals surface area contributed by atoms with Gasteiger partial charge in [-0.25, -0.2) is 0 Å². The Balaban J connectivity index is 1.23. The van der Waals surface area contributed by atoms with E-state index in [2.05, 4.69) is 75.0 Å². The number of fused-ring (bicyclic) bond motifs is 1. The molecule has 0 amide bonds. The number of hydrogen-bond acceptors (Lipinski definition) is 0. The van der Waals surface area contributed by atoms with Crippen molar-refractivity contribution in [2.75, 3.05) is 0 Å². The maximum absolute atomic E-state index is 4.61. The zero-order valence-corrected chi connectivity index (χ0v) is 20.0. The fourth-order valence-corrected chi connectivity index (χ4v) is 6.60. The summed E-state index contributed by atoms with van der Waals surface area (Å²) in [4.78, 5) is 0. The molecule has 2 atom stereocenters. The maximum Gasteiger partial charge on any atom is -0.00674 e. The van der Waals surface area contributed by atoms with Gasteiger partial charge in [0, 0.05) is 0 Å². The molecule has 0 N–H and O–H groups in total. The highest BCUT2D eigenvalue weighted by atomic mass is 14.4. The molecule has 0 aliphatic heterocycles. The van der Waals surface area contributed by atoms with Crippen LogP contribution < -0.4 is 0 Å². The van der Waals surface area contributed by atoms with Crippen LogP contribution in [0, 0.1) is 11.8 Å². The molecule has 2 unspecified atom stereocenters. The van der Waals surface area contributed by atoms with Crippen LogP contribution in [-0.4, -0.2) is 0 Å². The average Bonchev–Trinajstić information content (AvgIpc) is 3.57. The normalized spacial score (nSPS) is 22.7. The summed E-state index contributed by atoms with van der Waals surface area (Å²) >= 11 is 0. The van der Waals surface area contributed by atoms with E-state index in [1.165, 1.54) is 43.2 Å². The third kappa shape index (κ3) is 4.17. The van der Waals surface area contributed by atoms with Crippen LogP contribution in [0.2, 0.25) is 0 Å². The molecule has 2 aromatic carbocycles. The van der Waals surface area contributed by atoms with E-state index < -0.39 is 0 Å². The van der Waals surface area contributed by atoms with Crippen molar-refractivity contribution in [3.8, 4) is 0 Å². The van der Waals surface area contributed by atoms with Gasteiger partial charge in [0.05, 0.1) is 0 Å². The van der Waals surface area contributed by atoms with E-state index in [-0.39, 0.29) is 0 Å². The van der Waals surface area contributed by atoms with Crippen LogP contribution in [0.15, 0.2) is 77.9 Å². The molecule has 0 saturated heterocycles. The Hall–Kier alpha value is -2.34. The quantitative estimate of drug-likeness (QED) is 0.394. The van der Waals surface area contributed by atoms with E-state index in [0.29, 0.717) is 11.8 Å². The van der Waals surface area contributed by atoms with Gasteiger partial charge in [0.15, 0.2) is 0 Å². The van der Waals surface area contributed by atoms with Gasteiger partial charge in [-0.05, 0) is 115 Å². The van der Waals surface area contributed by atoms with Gasteiger partial charge in [-0.2, -0.15) is 0 Å². The molecule has 0 heterocycles. The number of benzene rings is 2. The number of rotatable bonds is 7. The number of allylic oxidation sites excluding steroid dienone is 5. The first kappa shape index (κ1) is 21.5. The smallest absolute Gasteiger partial charge is 0.00674 e. The Morgan fingerprint density at radius 2 is 1.56 bits per heavy atom. The summed E-state index contributed by atoms with van der Waals surface area (Å²) in [5.74, 6) is 2.07. The van der Waals surface area contributed by atoms with Crippen LogP contribution in [0.25, 0.3) is 0 Å².